The minimum atomic E-state index is -0.845. The van der Waals surface area contributed by atoms with Crippen LogP contribution in [0.1, 0.15) is 13.3 Å². The van der Waals surface area contributed by atoms with Crippen molar-refractivity contribution in [1.82, 2.24) is 0 Å². The monoisotopic (exact) mass is 263 g/mol. The van der Waals surface area contributed by atoms with Crippen molar-refractivity contribution in [3.8, 4) is 5.75 Å². The maximum absolute atomic E-state index is 12.3. The van der Waals surface area contributed by atoms with Gasteiger partial charge in [-0.3, -0.25) is 9.59 Å². The molecule has 1 aliphatic rings. The van der Waals surface area contributed by atoms with E-state index in [4.69, 9.17) is 16.2 Å². The zero-order chi connectivity index (χ0) is 14.0. The van der Waals surface area contributed by atoms with Gasteiger partial charge >= 0.3 is 0 Å². The van der Waals surface area contributed by atoms with Crippen LogP contribution < -0.4 is 21.1 Å². The fourth-order valence-corrected chi connectivity index (χ4v) is 1.97. The van der Waals surface area contributed by atoms with Gasteiger partial charge in [0.1, 0.15) is 5.75 Å². The third kappa shape index (κ3) is 2.53. The van der Waals surface area contributed by atoms with E-state index < -0.39 is 18.1 Å². The second kappa shape index (κ2) is 5.27. The van der Waals surface area contributed by atoms with E-state index in [-0.39, 0.29) is 12.5 Å². The zero-order valence-electron chi connectivity index (χ0n) is 10.7. The number of anilines is 1. The topological polar surface area (TPSA) is 98.7 Å². The number of hydrogen-bond donors (Lipinski definition) is 2. The second-order valence-corrected chi connectivity index (χ2v) is 4.44. The molecule has 1 aromatic carbocycles. The lowest BCUT2D eigenvalue weighted by Crippen LogP contribution is -2.53. The van der Waals surface area contributed by atoms with E-state index in [0.717, 1.165) is 0 Å². The summed E-state index contributed by atoms with van der Waals surface area (Å²) in [6, 6.07) is 6.42. The SMILES string of the molecule is CC[C@@H](N)C(=O)N1CC(C(N)=O)Oc2ccccc21. The van der Waals surface area contributed by atoms with Gasteiger partial charge in [0.15, 0.2) is 6.10 Å². The molecule has 0 saturated carbocycles. The van der Waals surface area contributed by atoms with Crippen LogP contribution >= 0.6 is 0 Å². The number of hydrogen-bond acceptors (Lipinski definition) is 4. The highest BCUT2D eigenvalue weighted by Gasteiger charge is 2.33. The summed E-state index contributed by atoms with van der Waals surface area (Å²) in [6.07, 6.45) is -0.317. The lowest BCUT2D eigenvalue weighted by Gasteiger charge is -2.34. The van der Waals surface area contributed by atoms with E-state index >= 15 is 0 Å². The number of rotatable bonds is 3. The molecule has 0 aliphatic carbocycles. The number of para-hydroxylation sites is 2. The predicted octanol–water partition coefficient (Wildman–Crippen LogP) is 0.00320. The molecule has 0 fully saturated rings. The van der Waals surface area contributed by atoms with Crippen molar-refractivity contribution in [2.24, 2.45) is 11.5 Å². The molecule has 19 heavy (non-hydrogen) atoms. The molecule has 0 aromatic heterocycles. The third-order valence-electron chi connectivity index (χ3n) is 3.11. The summed E-state index contributed by atoms with van der Waals surface area (Å²) in [5.41, 5.74) is 11.7. The van der Waals surface area contributed by atoms with E-state index in [1.54, 1.807) is 24.3 Å². The first-order valence-corrected chi connectivity index (χ1v) is 6.16. The maximum atomic E-state index is 12.3. The Balaban J connectivity index is 2.36. The lowest BCUT2D eigenvalue weighted by atomic mass is 10.1. The molecule has 1 aromatic rings. The molecule has 2 atom stereocenters. The molecule has 0 bridgehead atoms. The summed E-state index contributed by atoms with van der Waals surface area (Å²) in [5.74, 6) is -0.365. The van der Waals surface area contributed by atoms with Crippen LogP contribution in [0.3, 0.4) is 0 Å². The number of amides is 2. The van der Waals surface area contributed by atoms with Crippen molar-refractivity contribution < 1.29 is 14.3 Å². The summed E-state index contributed by atoms with van der Waals surface area (Å²) in [4.78, 5) is 25.0. The van der Waals surface area contributed by atoms with Crippen molar-refractivity contribution in [2.45, 2.75) is 25.5 Å². The van der Waals surface area contributed by atoms with Gasteiger partial charge in [-0.1, -0.05) is 19.1 Å². The molecule has 1 aliphatic heterocycles. The molecule has 6 nitrogen and oxygen atoms in total. The van der Waals surface area contributed by atoms with Crippen molar-refractivity contribution in [3.63, 3.8) is 0 Å². The molecular formula is C13H17N3O3. The third-order valence-corrected chi connectivity index (χ3v) is 3.11. The van der Waals surface area contributed by atoms with Crippen LogP contribution in [-0.2, 0) is 9.59 Å². The fourth-order valence-electron chi connectivity index (χ4n) is 1.97. The number of nitrogens with two attached hydrogens (primary N) is 2. The average molecular weight is 263 g/mol. The fraction of sp³-hybridized carbons (Fsp3) is 0.385. The summed E-state index contributed by atoms with van der Waals surface area (Å²) in [7, 11) is 0. The minimum Gasteiger partial charge on any atom is -0.477 e. The highest BCUT2D eigenvalue weighted by Crippen LogP contribution is 2.33. The largest absolute Gasteiger partial charge is 0.477 e. The zero-order valence-corrected chi connectivity index (χ0v) is 10.7. The normalized spacial score (nSPS) is 19.3. The van der Waals surface area contributed by atoms with Gasteiger partial charge in [-0.25, -0.2) is 0 Å². The number of ether oxygens (including phenoxy) is 1. The number of carbonyl (C=O) groups excluding carboxylic acids is 2. The standard InChI is InChI=1S/C13H17N3O3/c1-2-8(14)13(18)16-7-11(12(15)17)19-10-6-4-3-5-9(10)16/h3-6,8,11H,2,7,14H2,1H3,(H2,15,17)/t8-,11?/m1/s1. The first-order chi connectivity index (χ1) is 9.04. The number of primary amides is 1. The molecule has 2 rings (SSSR count). The van der Waals surface area contributed by atoms with Crippen LogP contribution in [-0.4, -0.2) is 30.5 Å². The molecule has 0 radical (unpaired) electrons. The summed E-state index contributed by atoms with van der Waals surface area (Å²) in [6.45, 7) is 1.93. The number of benzene rings is 1. The van der Waals surface area contributed by atoms with Gasteiger partial charge in [-0.15, -0.1) is 0 Å². The molecular weight excluding hydrogens is 246 g/mol. The average Bonchev–Trinajstić information content (AvgIpc) is 2.44. The predicted molar refractivity (Wildman–Crippen MR) is 70.7 cm³/mol. The van der Waals surface area contributed by atoms with Crippen molar-refractivity contribution in [3.05, 3.63) is 24.3 Å². The van der Waals surface area contributed by atoms with Gasteiger partial charge in [-0.05, 0) is 18.6 Å². The van der Waals surface area contributed by atoms with Crippen LogP contribution in [0, 0.1) is 0 Å². The highest BCUT2D eigenvalue weighted by molar-refractivity contribution is 6.00. The minimum absolute atomic E-state index is 0.0961. The molecule has 102 valence electrons. The molecule has 2 amide bonds. The molecule has 0 saturated heterocycles. The number of nitrogens with zero attached hydrogens (tertiary/aromatic N) is 1. The lowest BCUT2D eigenvalue weighted by molar-refractivity contribution is -0.125. The number of carbonyl (C=O) groups is 2. The maximum Gasteiger partial charge on any atom is 0.260 e. The molecule has 1 heterocycles. The smallest absolute Gasteiger partial charge is 0.260 e. The Kier molecular flexibility index (Phi) is 3.71. The first-order valence-electron chi connectivity index (χ1n) is 6.16. The molecule has 1 unspecified atom stereocenters. The Morgan fingerprint density at radius 2 is 2.16 bits per heavy atom. The Labute approximate surface area is 111 Å². The van der Waals surface area contributed by atoms with Crippen LogP contribution in [0.25, 0.3) is 0 Å². The van der Waals surface area contributed by atoms with Crippen LogP contribution in [0.5, 0.6) is 5.75 Å². The number of fused-ring (bicyclic) bond motifs is 1. The van der Waals surface area contributed by atoms with Gasteiger partial charge in [0.2, 0.25) is 5.91 Å². The van der Waals surface area contributed by atoms with Gasteiger partial charge in [0, 0.05) is 0 Å². The summed E-state index contributed by atoms with van der Waals surface area (Å²) in [5, 5.41) is 0. The summed E-state index contributed by atoms with van der Waals surface area (Å²) >= 11 is 0. The summed E-state index contributed by atoms with van der Waals surface area (Å²) < 4.78 is 5.48. The second-order valence-electron chi connectivity index (χ2n) is 4.44. The van der Waals surface area contributed by atoms with Crippen LogP contribution in [0.15, 0.2) is 24.3 Å². The highest BCUT2D eigenvalue weighted by atomic mass is 16.5. The van der Waals surface area contributed by atoms with Crippen LogP contribution in [0.2, 0.25) is 0 Å². The first kappa shape index (κ1) is 13.4. The Hall–Kier alpha value is -2.08. The molecule has 0 spiro atoms. The Morgan fingerprint density at radius 1 is 1.47 bits per heavy atom. The van der Waals surface area contributed by atoms with Gasteiger partial charge in [0.05, 0.1) is 18.3 Å². The van der Waals surface area contributed by atoms with Gasteiger partial charge < -0.3 is 21.1 Å². The Bertz CT molecular complexity index is 504. The van der Waals surface area contributed by atoms with E-state index in [9.17, 15) is 9.59 Å². The van der Waals surface area contributed by atoms with E-state index in [0.29, 0.717) is 17.9 Å². The Morgan fingerprint density at radius 3 is 2.79 bits per heavy atom. The molecule has 6 heteroatoms. The van der Waals surface area contributed by atoms with E-state index in [2.05, 4.69) is 0 Å². The van der Waals surface area contributed by atoms with Crippen LogP contribution in [0.4, 0.5) is 5.69 Å². The van der Waals surface area contributed by atoms with Gasteiger partial charge in [0.25, 0.3) is 5.91 Å². The molecule has 4 N–H and O–H groups in total. The van der Waals surface area contributed by atoms with Crippen molar-refractivity contribution in [1.29, 1.82) is 0 Å². The van der Waals surface area contributed by atoms with Crippen molar-refractivity contribution >= 4 is 17.5 Å². The van der Waals surface area contributed by atoms with Gasteiger partial charge in [-0.2, -0.15) is 0 Å². The van der Waals surface area contributed by atoms with E-state index in [1.807, 2.05) is 6.92 Å². The van der Waals surface area contributed by atoms with E-state index in [1.165, 1.54) is 4.90 Å². The van der Waals surface area contributed by atoms with Crippen molar-refractivity contribution in [2.75, 3.05) is 11.4 Å². The quantitative estimate of drug-likeness (QED) is 0.802.